The lowest BCUT2D eigenvalue weighted by Gasteiger charge is -2.26. The van der Waals surface area contributed by atoms with E-state index < -0.39 is 5.97 Å². The summed E-state index contributed by atoms with van der Waals surface area (Å²) in [6.07, 6.45) is 0.166. The molecule has 1 aromatic carbocycles. The van der Waals surface area contributed by atoms with E-state index in [4.69, 9.17) is 27.9 Å². The average molecular weight is 314 g/mol. The van der Waals surface area contributed by atoms with Crippen LogP contribution in [0.2, 0.25) is 10.0 Å². The van der Waals surface area contributed by atoms with Gasteiger partial charge in [0.1, 0.15) is 0 Å². The Balaban J connectivity index is 2.50. The van der Waals surface area contributed by atoms with E-state index in [1.165, 1.54) is 7.11 Å². The summed E-state index contributed by atoms with van der Waals surface area (Å²) in [6.45, 7) is 1.67. The second kappa shape index (κ2) is 5.85. The molecule has 1 heterocycles. The van der Waals surface area contributed by atoms with Gasteiger partial charge in [-0.2, -0.15) is 0 Å². The van der Waals surface area contributed by atoms with Crippen molar-refractivity contribution in [2.45, 2.75) is 19.3 Å². The van der Waals surface area contributed by atoms with Gasteiger partial charge in [0.05, 0.1) is 22.7 Å². The molecular formula is C14H13Cl2NO3. The minimum atomic E-state index is -0.460. The summed E-state index contributed by atoms with van der Waals surface area (Å²) in [7, 11) is 1.31. The van der Waals surface area contributed by atoms with Crippen molar-refractivity contribution in [1.29, 1.82) is 0 Å². The molecule has 1 atom stereocenters. The van der Waals surface area contributed by atoms with Crippen molar-refractivity contribution in [3.05, 3.63) is 45.1 Å². The zero-order chi connectivity index (χ0) is 14.9. The van der Waals surface area contributed by atoms with Gasteiger partial charge in [-0.25, -0.2) is 4.79 Å². The minimum absolute atomic E-state index is 0.147. The summed E-state index contributed by atoms with van der Waals surface area (Å²) in [6, 6.07) is 5.08. The Morgan fingerprint density at radius 2 is 2.05 bits per heavy atom. The highest BCUT2D eigenvalue weighted by Gasteiger charge is 2.32. The van der Waals surface area contributed by atoms with Gasteiger partial charge in [0.25, 0.3) is 0 Å². The zero-order valence-electron chi connectivity index (χ0n) is 11.0. The standard InChI is InChI=1S/C14H13Cl2NO3/c1-7-13(14(19)20-2)9(6-12(18)17-7)8-3-4-10(15)11(16)5-8/h3-5,9H,6H2,1-2H3,(H,17,18)/t9-/m0/s1. The lowest BCUT2D eigenvalue weighted by molar-refractivity contribution is -0.136. The van der Waals surface area contributed by atoms with Gasteiger partial charge in [0.2, 0.25) is 5.91 Å². The first kappa shape index (κ1) is 14.9. The normalized spacial score (nSPS) is 18.8. The Labute approximate surface area is 126 Å². The van der Waals surface area contributed by atoms with Gasteiger partial charge in [-0.05, 0) is 24.6 Å². The number of carbonyl (C=O) groups is 2. The fraction of sp³-hybridized carbons (Fsp3) is 0.286. The molecule has 0 spiro atoms. The van der Waals surface area contributed by atoms with E-state index in [1.54, 1.807) is 25.1 Å². The molecular weight excluding hydrogens is 301 g/mol. The van der Waals surface area contributed by atoms with E-state index in [-0.39, 0.29) is 18.2 Å². The fourth-order valence-electron chi connectivity index (χ4n) is 2.30. The highest BCUT2D eigenvalue weighted by Crippen LogP contribution is 2.36. The molecule has 1 N–H and O–H groups in total. The molecule has 0 aromatic heterocycles. The Bertz CT molecular complexity index is 610. The smallest absolute Gasteiger partial charge is 0.336 e. The Hall–Kier alpha value is -1.52. The lowest BCUT2D eigenvalue weighted by Crippen LogP contribution is -2.34. The van der Waals surface area contributed by atoms with Gasteiger partial charge in [0, 0.05) is 18.0 Å². The van der Waals surface area contributed by atoms with Crippen molar-refractivity contribution in [2.24, 2.45) is 0 Å². The topological polar surface area (TPSA) is 55.4 Å². The molecule has 0 radical (unpaired) electrons. The van der Waals surface area contributed by atoms with Crippen LogP contribution >= 0.6 is 23.2 Å². The quantitative estimate of drug-likeness (QED) is 0.854. The van der Waals surface area contributed by atoms with Crippen molar-refractivity contribution >= 4 is 35.1 Å². The summed E-state index contributed by atoms with van der Waals surface area (Å²) >= 11 is 11.9. The Kier molecular flexibility index (Phi) is 4.35. The van der Waals surface area contributed by atoms with Gasteiger partial charge < -0.3 is 10.1 Å². The van der Waals surface area contributed by atoms with Gasteiger partial charge >= 0.3 is 5.97 Å². The number of carbonyl (C=O) groups excluding carboxylic acids is 2. The molecule has 20 heavy (non-hydrogen) atoms. The van der Waals surface area contributed by atoms with Gasteiger partial charge in [-0.1, -0.05) is 29.3 Å². The predicted octanol–water partition coefficient (Wildman–Crippen LogP) is 3.04. The molecule has 0 saturated carbocycles. The SMILES string of the molecule is COC(=O)C1=C(C)NC(=O)C[C@H]1c1ccc(Cl)c(Cl)c1. The maximum absolute atomic E-state index is 11.9. The van der Waals surface area contributed by atoms with Crippen LogP contribution in [0.5, 0.6) is 0 Å². The van der Waals surface area contributed by atoms with Gasteiger partial charge in [-0.15, -0.1) is 0 Å². The number of nitrogens with one attached hydrogen (secondary N) is 1. The Morgan fingerprint density at radius 3 is 2.65 bits per heavy atom. The molecule has 0 fully saturated rings. The molecule has 106 valence electrons. The van der Waals surface area contributed by atoms with Crippen LogP contribution in [0.25, 0.3) is 0 Å². The number of hydrogen-bond donors (Lipinski definition) is 1. The van der Waals surface area contributed by atoms with Crippen LogP contribution in [0.15, 0.2) is 29.5 Å². The summed E-state index contributed by atoms with van der Waals surface area (Å²) in [5.74, 6) is -0.990. The van der Waals surface area contributed by atoms with E-state index in [1.807, 2.05) is 0 Å². The summed E-state index contributed by atoms with van der Waals surface area (Å²) in [4.78, 5) is 23.6. The van der Waals surface area contributed by atoms with Crippen LogP contribution in [0.1, 0.15) is 24.8 Å². The first-order valence-corrected chi connectivity index (χ1v) is 6.73. The van der Waals surface area contributed by atoms with Gasteiger partial charge in [-0.3, -0.25) is 4.79 Å². The molecule has 2 rings (SSSR count). The van der Waals surface area contributed by atoms with Crippen molar-refractivity contribution in [3.8, 4) is 0 Å². The number of benzene rings is 1. The van der Waals surface area contributed by atoms with Crippen LogP contribution in [0.4, 0.5) is 0 Å². The first-order valence-electron chi connectivity index (χ1n) is 5.98. The van der Waals surface area contributed by atoms with E-state index >= 15 is 0 Å². The molecule has 1 amide bonds. The van der Waals surface area contributed by atoms with E-state index in [0.717, 1.165) is 5.56 Å². The highest BCUT2D eigenvalue weighted by molar-refractivity contribution is 6.42. The van der Waals surface area contributed by atoms with Crippen LogP contribution in [0, 0.1) is 0 Å². The van der Waals surface area contributed by atoms with Crippen molar-refractivity contribution in [1.82, 2.24) is 5.32 Å². The number of ether oxygens (including phenoxy) is 1. The Morgan fingerprint density at radius 1 is 1.35 bits per heavy atom. The predicted molar refractivity (Wildman–Crippen MR) is 76.7 cm³/mol. The zero-order valence-corrected chi connectivity index (χ0v) is 12.5. The molecule has 0 aliphatic carbocycles. The number of rotatable bonds is 2. The summed E-state index contributed by atoms with van der Waals surface area (Å²) in [5, 5.41) is 3.46. The van der Waals surface area contributed by atoms with E-state index in [9.17, 15) is 9.59 Å². The maximum atomic E-state index is 11.9. The number of esters is 1. The third kappa shape index (κ3) is 2.81. The fourth-order valence-corrected chi connectivity index (χ4v) is 2.60. The second-order valence-corrected chi connectivity index (χ2v) is 5.32. The molecule has 0 saturated heterocycles. The first-order chi connectivity index (χ1) is 9.43. The third-order valence-corrected chi connectivity index (χ3v) is 3.96. The van der Waals surface area contributed by atoms with Crippen LogP contribution in [0.3, 0.4) is 0 Å². The molecule has 6 heteroatoms. The monoisotopic (exact) mass is 313 g/mol. The molecule has 1 aliphatic rings. The summed E-state index contributed by atoms with van der Waals surface area (Å²) < 4.78 is 4.79. The lowest BCUT2D eigenvalue weighted by atomic mass is 9.84. The molecule has 4 nitrogen and oxygen atoms in total. The van der Waals surface area contributed by atoms with Crippen molar-refractivity contribution < 1.29 is 14.3 Å². The van der Waals surface area contributed by atoms with Crippen LogP contribution < -0.4 is 5.32 Å². The number of methoxy groups -OCH3 is 1. The molecule has 1 aromatic rings. The van der Waals surface area contributed by atoms with Crippen LogP contribution in [-0.4, -0.2) is 19.0 Å². The average Bonchev–Trinajstić information content (AvgIpc) is 2.40. The number of allylic oxidation sites excluding steroid dienone is 1. The third-order valence-electron chi connectivity index (χ3n) is 3.22. The van der Waals surface area contributed by atoms with E-state index in [0.29, 0.717) is 21.3 Å². The van der Waals surface area contributed by atoms with Crippen molar-refractivity contribution in [2.75, 3.05) is 7.11 Å². The minimum Gasteiger partial charge on any atom is -0.466 e. The largest absolute Gasteiger partial charge is 0.466 e. The van der Waals surface area contributed by atoms with Crippen molar-refractivity contribution in [3.63, 3.8) is 0 Å². The maximum Gasteiger partial charge on any atom is 0.336 e. The van der Waals surface area contributed by atoms with Crippen LogP contribution in [-0.2, 0) is 14.3 Å². The molecule has 0 bridgehead atoms. The molecule has 0 unspecified atom stereocenters. The van der Waals surface area contributed by atoms with E-state index in [2.05, 4.69) is 5.32 Å². The van der Waals surface area contributed by atoms with Gasteiger partial charge in [0.15, 0.2) is 0 Å². The summed E-state index contributed by atoms with van der Waals surface area (Å²) in [5.41, 5.74) is 1.70. The number of hydrogen-bond acceptors (Lipinski definition) is 3. The molecule has 1 aliphatic heterocycles. The second-order valence-electron chi connectivity index (χ2n) is 4.51. The number of halogens is 2. The highest BCUT2D eigenvalue weighted by atomic mass is 35.5. The number of amides is 1.